The zero-order valence-electron chi connectivity index (χ0n) is 18.8. The van der Waals surface area contributed by atoms with Crippen LogP contribution in [0.25, 0.3) is 0 Å². The van der Waals surface area contributed by atoms with E-state index in [0.29, 0.717) is 0 Å². The van der Waals surface area contributed by atoms with Crippen LogP contribution in [0, 0.1) is 0 Å². The molecule has 4 N–H and O–H groups in total. The lowest BCUT2D eigenvalue weighted by molar-refractivity contribution is -0.153. The first-order valence-corrected chi connectivity index (χ1v) is 13.1. The first-order chi connectivity index (χ1) is 14.4. The van der Waals surface area contributed by atoms with Gasteiger partial charge in [0.2, 0.25) is 0 Å². The maximum Gasteiger partial charge on any atom is 0.472 e. The monoisotopic (exact) mass is 453 g/mol. The van der Waals surface area contributed by atoms with Crippen molar-refractivity contribution < 1.29 is 33.1 Å². The minimum absolute atomic E-state index is 0.0749. The number of unbranched alkanes of at least 4 members (excludes halogenated alkanes) is 12. The molecule has 0 aromatic rings. The molecule has 0 aromatic carbocycles. The molecule has 0 rings (SSSR count). The minimum atomic E-state index is -4.25. The summed E-state index contributed by atoms with van der Waals surface area (Å²) in [6.45, 7) is 1.27. The van der Waals surface area contributed by atoms with Gasteiger partial charge in [-0.1, -0.05) is 84.0 Å². The molecule has 0 aromatic heterocycles. The van der Waals surface area contributed by atoms with Gasteiger partial charge >= 0.3 is 13.8 Å². The first kappa shape index (κ1) is 29.5. The van der Waals surface area contributed by atoms with E-state index in [4.69, 9.17) is 15.0 Å². The van der Waals surface area contributed by atoms with E-state index in [2.05, 4.69) is 11.4 Å². The third-order valence-electron chi connectivity index (χ3n) is 4.78. The number of aliphatic hydroxyl groups is 1. The average molecular weight is 454 g/mol. The summed E-state index contributed by atoms with van der Waals surface area (Å²) in [5.74, 6) is -0.448. The number of esters is 1. The number of carbonyl (C=O) groups excluding carboxylic acids is 1. The number of phosphoric acid groups is 1. The minimum Gasteiger partial charge on any atom is -0.457 e. The topological polar surface area (TPSA) is 128 Å². The SMILES string of the molecule is CCCCCCCCCCCCCCCC(=O)O[C@H](CO)COP(=O)(O)OCCN. The van der Waals surface area contributed by atoms with Crippen molar-refractivity contribution in [1.29, 1.82) is 0 Å². The molecule has 0 fully saturated rings. The van der Waals surface area contributed by atoms with E-state index < -0.39 is 33.1 Å². The van der Waals surface area contributed by atoms with Crippen molar-refractivity contribution in [2.45, 2.75) is 103 Å². The standard InChI is InChI=1S/C21H44NO7P/c1-2-3-4-5-6-7-8-9-10-11-12-13-14-15-21(24)29-20(18-23)19-28-30(25,26)27-17-16-22/h20,23H,2-19,22H2,1H3,(H,25,26)/t20-/m1/s1. The molecular weight excluding hydrogens is 409 g/mol. The van der Waals surface area contributed by atoms with Crippen molar-refractivity contribution in [2.24, 2.45) is 5.73 Å². The predicted octanol–water partition coefficient (Wildman–Crippen LogP) is 4.46. The molecular formula is C21H44NO7P. The molecule has 1 unspecified atom stereocenters. The van der Waals surface area contributed by atoms with E-state index in [1.54, 1.807) is 0 Å². The fourth-order valence-corrected chi connectivity index (χ4v) is 3.80. The number of hydrogen-bond donors (Lipinski definition) is 3. The van der Waals surface area contributed by atoms with E-state index in [1.807, 2.05) is 0 Å². The Morgan fingerprint density at radius 1 is 0.900 bits per heavy atom. The second-order valence-corrected chi connectivity index (χ2v) is 9.13. The van der Waals surface area contributed by atoms with Crippen molar-refractivity contribution in [1.82, 2.24) is 0 Å². The van der Waals surface area contributed by atoms with Crippen molar-refractivity contribution in [3.05, 3.63) is 0 Å². The summed E-state index contributed by atoms with van der Waals surface area (Å²) in [4.78, 5) is 21.2. The molecule has 9 heteroatoms. The highest BCUT2D eigenvalue weighted by Crippen LogP contribution is 2.42. The summed E-state index contributed by atoms with van der Waals surface area (Å²) >= 11 is 0. The molecule has 0 aliphatic heterocycles. The van der Waals surface area contributed by atoms with E-state index in [1.165, 1.54) is 64.2 Å². The van der Waals surface area contributed by atoms with Gasteiger partial charge in [0, 0.05) is 13.0 Å². The van der Waals surface area contributed by atoms with Crippen LogP contribution in [0.1, 0.15) is 96.8 Å². The Balaban J connectivity index is 3.61. The predicted molar refractivity (Wildman–Crippen MR) is 118 cm³/mol. The van der Waals surface area contributed by atoms with E-state index >= 15 is 0 Å². The molecule has 2 atom stereocenters. The molecule has 0 aliphatic rings. The molecule has 0 heterocycles. The van der Waals surface area contributed by atoms with Gasteiger partial charge in [0.15, 0.2) is 0 Å². The zero-order chi connectivity index (χ0) is 22.5. The van der Waals surface area contributed by atoms with Crippen molar-refractivity contribution >= 4 is 13.8 Å². The van der Waals surface area contributed by atoms with Gasteiger partial charge in [-0.2, -0.15) is 0 Å². The average Bonchev–Trinajstić information content (AvgIpc) is 2.73. The lowest BCUT2D eigenvalue weighted by Crippen LogP contribution is -2.27. The van der Waals surface area contributed by atoms with Gasteiger partial charge in [-0.05, 0) is 6.42 Å². The highest BCUT2D eigenvalue weighted by molar-refractivity contribution is 7.47. The number of aliphatic hydroxyl groups excluding tert-OH is 1. The van der Waals surface area contributed by atoms with Crippen LogP contribution < -0.4 is 5.73 Å². The zero-order valence-corrected chi connectivity index (χ0v) is 19.7. The Morgan fingerprint density at radius 3 is 1.87 bits per heavy atom. The summed E-state index contributed by atoms with van der Waals surface area (Å²) in [6.07, 6.45) is 15.2. The summed E-state index contributed by atoms with van der Waals surface area (Å²) in [6, 6.07) is 0. The molecule has 0 bridgehead atoms. The van der Waals surface area contributed by atoms with Crippen LogP contribution in [0.3, 0.4) is 0 Å². The van der Waals surface area contributed by atoms with Gasteiger partial charge < -0.3 is 20.5 Å². The molecule has 0 amide bonds. The maximum absolute atomic E-state index is 11.8. The van der Waals surface area contributed by atoms with Gasteiger partial charge in [-0.15, -0.1) is 0 Å². The summed E-state index contributed by atoms with van der Waals surface area (Å²) < 4.78 is 25.9. The lowest BCUT2D eigenvalue weighted by atomic mass is 10.0. The Bertz CT molecular complexity index is 451. The van der Waals surface area contributed by atoms with Crippen LogP contribution in [0.2, 0.25) is 0 Å². The molecule has 30 heavy (non-hydrogen) atoms. The van der Waals surface area contributed by atoms with Gasteiger partial charge in [-0.3, -0.25) is 13.8 Å². The lowest BCUT2D eigenvalue weighted by Gasteiger charge is -2.17. The Hall–Kier alpha value is -0.500. The maximum atomic E-state index is 11.8. The number of rotatable bonds is 22. The first-order valence-electron chi connectivity index (χ1n) is 11.6. The summed E-state index contributed by atoms with van der Waals surface area (Å²) in [7, 11) is -4.25. The van der Waals surface area contributed by atoms with Crippen LogP contribution >= 0.6 is 7.82 Å². The van der Waals surface area contributed by atoms with Gasteiger partial charge in [-0.25, -0.2) is 4.57 Å². The molecule has 0 radical (unpaired) electrons. The Labute approximate surface area is 182 Å². The van der Waals surface area contributed by atoms with E-state index in [-0.39, 0.29) is 19.6 Å². The summed E-state index contributed by atoms with van der Waals surface area (Å²) in [5, 5.41) is 9.24. The molecule has 0 spiro atoms. The Kier molecular flexibility index (Phi) is 20.1. The number of ether oxygens (including phenoxy) is 1. The van der Waals surface area contributed by atoms with Crippen LogP contribution in [-0.2, 0) is 23.1 Å². The van der Waals surface area contributed by atoms with Crippen LogP contribution in [0.4, 0.5) is 0 Å². The van der Waals surface area contributed by atoms with Gasteiger partial charge in [0.25, 0.3) is 0 Å². The molecule has 8 nitrogen and oxygen atoms in total. The van der Waals surface area contributed by atoms with Crippen LogP contribution in [0.5, 0.6) is 0 Å². The fourth-order valence-electron chi connectivity index (χ4n) is 3.04. The van der Waals surface area contributed by atoms with Crippen molar-refractivity contribution in [2.75, 3.05) is 26.4 Å². The third kappa shape index (κ3) is 19.5. The molecule has 180 valence electrons. The van der Waals surface area contributed by atoms with Gasteiger partial charge in [0.05, 0.1) is 19.8 Å². The second-order valence-electron chi connectivity index (χ2n) is 7.67. The fraction of sp³-hybridized carbons (Fsp3) is 0.952. The normalized spacial score (nSPS) is 14.4. The molecule has 0 aliphatic carbocycles. The number of nitrogens with two attached hydrogens (primary N) is 1. The third-order valence-corrected chi connectivity index (χ3v) is 5.77. The molecule has 0 saturated heterocycles. The van der Waals surface area contributed by atoms with E-state index in [0.717, 1.165) is 19.3 Å². The summed E-state index contributed by atoms with van der Waals surface area (Å²) in [5.41, 5.74) is 5.18. The highest BCUT2D eigenvalue weighted by Gasteiger charge is 2.24. The quantitative estimate of drug-likeness (QED) is 0.124. The second kappa shape index (κ2) is 20.4. The van der Waals surface area contributed by atoms with Crippen molar-refractivity contribution in [3.8, 4) is 0 Å². The Morgan fingerprint density at radius 2 is 1.40 bits per heavy atom. The number of hydrogen-bond acceptors (Lipinski definition) is 7. The van der Waals surface area contributed by atoms with Crippen LogP contribution in [-0.4, -0.2) is 48.4 Å². The number of carbonyl (C=O) groups is 1. The smallest absolute Gasteiger partial charge is 0.457 e. The largest absolute Gasteiger partial charge is 0.472 e. The van der Waals surface area contributed by atoms with Gasteiger partial charge in [0.1, 0.15) is 6.10 Å². The van der Waals surface area contributed by atoms with E-state index in [9.17, 15) is 19.4 Å². The highest BCUT2D eigenvalue weighted by atomic mass is 31.2. The molecule has 0 saturated carbocycles. The van der Waals surface area contributed by atoms with Crippen LogP contribution in [0.15, 0.2) is 0 Å². The van der Waals surface area contributed by atoms with Crippen molar-refractivity contribution in [3.63, 3.8) is 0 Å². The number of phosphoric ester groups is 1.